The first-order chi connectivity index (χ1) is 11.5. The summed E-state index contributed by atoms with van der Waals surface area (Å²) in [5, 5.41) is 6.76. The van der Waals surface area contributed by atoms with E-state index in [9.17, 15) is 4.79 Å². The minimum Gasteiger partial charge on any atom is -0.357 e. The molecule has 1 aromatic carbocycles. The number of aliphatic imine (C=N–C) groups is 1. The molecule has 5 nitrogen and oxygen atoms in total. The highest BCUT2D eigenvalue weighted by Gasteiger charge is 2.27. The van der Waals surface area contributed by atoms with Crippen LogP contribution in [0.1, 0.15) is 38.3 Å². The molecule has 0 aliphatic carbocycles. The number of nitrogens with one attached hydrogen (secondary N) is 2. The normalized spacial score (nSPS) is 18.1. The van der Waals surface area contributed by atoms with Crippen LogP contribution in [-0.4, -0.2) is 42.4 Å². The third kappa shape index (κ3) is 5.25. The van der Waals surface area contributed by atoms with Gasteiger partial charge >= 0.3 is 0 Å². The molecule has 1 heterocycles. The Morgan fingerprint density at radius 2 is 2.04 bits per heavy atom. The lowest BCUT2D eigenvalue weighted by atomic mass is 10.1. The molecule has 1 aliphatic rings. The number of aryl methyl sites for hydroxylation is 1. The van der Waals surface area contributed by atoms with Crippen LogP contribution in [-0.2, 0) is 11.3 Å². The zero-order valence-corrected chi connectivity index (χ0v) is 15.3. The Labute approximate surface area is 145 Å². The number of nitrogens with zero attached hydrogens (tertiary/aromatic N) is 2. The Morgan fingerprint density at radius 3 is 2.67 bits per heavy atom. The van der Waals surface area contributed by atoms with Crippen LogP contribution in [0.4, 0.5) is 0 Å². The first-order valence-corrected chi connectivity index (χ1v) is 8.88. The molecule has 132 valence electrons. The van der Waals surface area contributed by atoms with Crippen LogP contribution >= 0.6 is 0 Å². The van der Waals surface area contributed by atoms with E-state index in [2.05, 4.69) is 53.7 Å². The minimum atomic E-state index is 0.0622. The van der Waals surface area contributed by atoms with Crippen molar-refractivity contribution in [3.63, 3.8) is 0 Å². The Kier molecular flexibility index (Phi) is 6.64. The van der Waals surface area contributed by atoms with E-state index < -0.39 is 0 Å². The quantitative estimate of drug-likeness (QED) is 0.643. The summed E-state index contributed by atoms with van der Waals surface area (Å²) in [6.07, 6.45) is 0.966. The lowest BCUT2D eigenvalue weighted by Gasteiger charge is -2.20. The van der Waals surface area contributed by atoms with Gasteiger partial charge in [-0.05, 0) is 25.8 Å². The van der Waals surface area contributed by atoms with Crippen LogP contribution < -0.4 is 10.6 Å². The van der Waals surface area contributed by atoms with Crippen molar-refractivity contribution in [1.82, 2.24) is 15.5 Å². The Hall–Kier alpha value is -2.04. The van der Waals surface area contributed by atoms with Gasteiger partial charge in [0.2, 0.25) is 5.91 Å². The fraction of sp³-hybridized carbons (Fsp3) is 0.579. The first-order valence-electron chi connectivity index (χ1n) is 8.88. The van der Waals surface area contributed by atoms with Crippen LogP contribution in [0.2, 0.25) is 0 Å². The van der Waals surface area contributed by atoms with Crippen molar-refractivity contribution >= 4 is 11.9 Å². The number of amides is 1. The maximum Gasteiger partial charge on any atom is 0.225 e. The molecule has 1 aliphatic heterocycles. The lowest BCUT2D eigenvalue weighted by Crippen LogP contribution is -2.45. The van der Waals surface area contributed by atoms with Gasteiger partial charge in [0.05, 0.1) is 6.54 Å². The van der Waals surface area contributed by atoms with Crippen molar-refractivity contribution in [2.24, 2.45) is 10.9 Å². The summed E-state index contributed by atoms with van der Waals surface area (Å²) >= 11 is 0. The minimum absolute atomic E-state index is 0.0622. The summed E-state index contributed by atoms with van der Waals surface area (Å²) in [5.74, 6) is 1.12. The second kappa shape index (κ2) is 8.71. The van der Waals surface area contributed by atoms with Gasteiger partial charge in [-0.25, -0.2) is 4.99 Å². The third-order valence-electron chi connectivity index (χ3n) is 4.22. The van der Waals surface area contributed by atoms with Crippen LogP contribution in [0.5, 0.6) is 0 Å². The van der Waals surface area contributed by atoms with Crippen molar-refractivity contribution in [2.45, 2.75) is 46.7 Å². The fourth-order valence-corrected chi connectivity index (χ4v) is 2.82. The molecule has 0 bridgehead atoms. The molecule has 0 aromatic heterocycles. The maximum absolute atomic E-state index is 12.1. The smallest absolute Gasteiger partial charge is 0.225 e. The number of likely N-dealkylation sites (tertiary alicyclic amines) is 1. The average Bonchev–Trinajstić information content (AvgIpc) is 3.02. The maximum atomic E-state index is 12.1. The molecule has 1 unspecified atom stereocenters. The molecule has 1 saturated heterocycles. The van der Waals surface area contributed by atoms with Crippen molar-refractivity contribution in [1.29, 1.82) is 0 Å². The molecule has 24 heavy (non-hydrogen) atoms. The zero-order valence-electron chi connectivity index (χ0n) is 15.3. The molecule has 0 radical (unpaired) electrons. The van der Waals surface area contributed by atoms with Gasteiger partial charge in [0, 0.05) is 31.6 Å². The largest absolute Gasteiger partial charge is 0.357 e. The number of benzene rings is 1. The van der Waals surface area contributed by atoms with E-state index in [0.717, 1.165) is 32.0 Å². The van der Waals surface area contributed by atoms with Crippen LogP contribution in [0.15, 0.2) is 29.3 Å². The number of carbonyl (C=O) groups is 1. The van der Waals surface area contributed by atoms with Crippen molar-refractivity contribution in [3.8, 4) is 0 Å². The van der Waals surface area contributed by atoms with Crippen molar-refractivity contribution in [2.75, 3.05) is 19.6 Å². The van der Waals surface area contributed by atoms with Gasteiger partial charge in [-0.3, -0.25) is 4.79 Å². The van der Waals surface area contributed by atoms with E-state index in [4.69, 9.17) is 0 Å². The molecule has 2 rings (SSSR count). The molecular weight excluding hydrogens is 300 g/mol. The standard InChI is InChI=1S/C19H30N4O/c1-5-20-19(21-12-16-8-6-15(4)7-9-16)22-17-10-11-23(13-17)18(24)14(2)3/h6-9,14,17H,5,10-13H2,1-4H3,(H2,20,21,22). The van der Waals surface area contributed by atoms with Gasteiger partial charge in [0.15, 0.2) is 5.96 Å². The van der Waals surface area contributed by atoms with Crippen LogP contribution in [0.25, 0.3) is 0 Å². The first kappa shape index (κ1) is 18.3. The number of guanidine groups is 1. The second-order valence-corrected chi connectivity index (χ2v) is 6.75. The van der Waals surface area contributed by atoms with E-state index in [-0.39, 0.29) is 17.9 Å². The van der Waals surface area contributed by atoms with E-state index in [1.54, 1.807) is 0 Å². The molecule has 5 heteroatoms. The predicted molar refractivity (Wildman–Crippen MR) is 99.0 cm³/mol. The Bertz CT molecular complexity index is 565. The number of rotatable bonds is 5. The summed E-state index contributed by atoms with van der Waals surface area (Å²) in [4.78, 5) is 18.7. The molecule has 1 atom stereocenters. The van der Waals surface area contributed by atoms with E-state index in [1.807, 2.05) is 18.7 Å². The van der Waals surface area contributed by atoms with Crippen LogP contribution in [0.3, 0.4) is 0 Å². The molecule has 1 fully saturated rings. The van der Waals surface area contributed by atoms with E-state index >= 15 is 0 Å². The summed E-state index contributed by atoms with van der Waals surface area (Å²) in [7, 11) is 0. The molecular formula is C19H30N4O. The van der Waals surface area contributed by atoms with E-state index in [1.165, 1.54) is 11.1 Å². The fourth-order valence-electron chi connectivity index (χ4n) is 2.82. The van der Waals surface area contributed by atoms with Gasteiger partial charge in [-0.1, -0.05) is 43.7 Å². The molecule has 0 saturated carbocycles. The van der Waals surface area contributed by atoms with Gasteiger partial charge in [-0.15, -0.1) is 0 Å². The summed E-state index contributed by atoms with van der Waals surface area (Å²) in [6.45, 7) is 11.1. The SMILES string of the molecule is CCNC(=NCc1ccc(C)cc1)NC1CCN(C(=O)C(C)C)C1. The number of hydrogen-bond donors (Lipinski definition) is 2. The lowest BCUT2D eigenvalue weighted by molar-refractivity contribution is -0.133. The number of carbonyl (C=O) groups excluding carboxylic acids is 1. The highest BCUT2D eigenvalue weighted by Crippen LogP contribution is 2.13. The second-order valence-electron chi connectivity index (χ2n) is 6.75. The topological polar surface area (TPSA) is 56.7 Å². The highest BCUT2D eigenvalue weighted by molar-refractivity contribution is 5.81. The Balaban J connectivity index is 1.92. The summed E-state index contributed by atoms with van der Waals surface area (Å²) in [5.41, 5.74) is 2.45. The van der Waals surface area contributed by atoms with Gasteiger partial charge in [0.25, 0.3) is 0 Å². The average molecular weight is 330 g/mol. The monoisotopic (exact) mass is 330 g/mol. The third-order valence-corrected chi connectivity index (χ3v) is 4.22. The zero-order chi connectivity index (χ0) is 17.5. The molecule has 0 spiro atoms. The summed E-state index contributed by atoms with van der Waals surface area (Å²) in [6, 6.07) is 8.71. The van der Waals surface area contributed by atoms with Gasteiger partial charge in [-0.2, -0.15) is 0 Å². The van der Waals surface area contributed by atoms with Crippen LogP contribution in [0, 0.1) is 12.8 Å². The van der Waals surface area contributed by atoms with Gasteiger partial charge < -0.3 is 15.5 Å². The number of hydrogen-bond acceptors (Lipinski definition) is 2. The predicted octanol–water partition coefficient (Wildman–Crippen LogP) is 2.31. The molecule has 2 N–H and O–H groups in total. The molecule has 1 aromatic rings. The van der Waals surface area contributed by atoms with Crippen molar-refractivity contribution in [3.05, 3.63) is 35.4 Å². The van der Waals surface area contributed by atoms with Gasteiger partial charge in [0.1, 0.15) is 0 Å². The molecule has 1 amide bonds. The van der Waals surface area contributed by atoms with E-state index in [0.29, 0.717) is 6.54 Å². The summed E-state index contributed by atoms with van der Waals surface area (Å²) < 4.78 is 0. The van der Waals surface area contributed by atoms with Crippen molar-refractivity contribution < 1.29 is 4.79 Å². The Morgan fingerprint density at radius 1 is 1.33 bits per heavy atom. The highest BCUT2D eigenvalue weighted by atomic mass is 16.2.